The molecule has 1 saturated heterocycles. The Morgan fingerprint density at radius 3 is 2.78 bits per heavy atom. The molecule has 1 atom stereocenters. The van der Waals surface area contributed by atoms with Crippen LogP contribution in [0.4, 0.5) is 4.39 Å². The molecule has 3 rings (SSSR count). The molecule has 1 fully saturated rings. The fourth-order valence-electron chi connectivity index (χ4n) is 2.54. The number of rotatable bonds is 4. The Labute approximate surface area is 157 Å². The van der Waals surface area contributed by atoms with Crippen LogP contribution >= 0.6 is 11.6 Å². The third-order valence-corrected chi connectivity index (χ3v) is 4.46. The second-order valence-corrected chi connectivity index (χ2v) is 6.37. The van der Waals surface area contributed by atoms with E-state index in [1.165, 1.54) is 17.7 Å². The average Bonchev–Trinajstić information content (AvgIpc) is 3.13. The molecule has 1 unspecified atom stereocenters. The topological polar surface area (TPSA) is 88.8 Å². The first kappa shape index (κ1) is 19.3. The molecule has 0 saturated carbocycles. The fourth-order valence-corrected chi connectivity index (χ4v) is 2.76. The summed E-state index contributed by atoms with van der Waals surface area (Å²) in [4.78, 5) is 37.0. The Hall–Kier alpha value is -2.49. The average molecular weight is 399 g/mol. The second kappa shape index (κ2) is 7.63. The first-order valence-electron chi connectivity index (χ1n) is 7.95. The van der Waals surface area contributed by atoms with Gasteiger partial charge in [-0.3, -0.25) is 4.79 Å². The molecular formula is C17H16ClFN2O6. The van der Waals surface area contributed by atoms with Gasteiger partial charge >= 0.3 is 11.7 Å². The van der Waals surface area contributed by atoms with Crippen LogP contribution in [0.5, 0.6) is 0 Å². The zero-order valence-electron chi connectivity index (χ0n) is 14.5. The van der Waals surface area contributed by atoms with Gasteiger partial charge in [0, 0.05) is 18.8 Å². The molecule has 27 heavy (non-hydrogen) atoms. The molecule has 0 radical (unpaired) electrons. The smallest absolute Gasteiger partial charge is 0.339 e. The minimum absolute atomic E-state index is 0.0753. The number of carbonyl (C=O) groups excluding carboxylic acids is 1. The molecule has 144 valence electrons. The molecule has 1 aliphatic rings. The lowest BCUT2D eigenvalue weighted by Crippen LogP contribution is -2.38. The fraction of sp³-hybridized carbons (Fsp3) is 0.353. The molecule has 8 nitrogen and oxygen atoms in total. The number of esters is 1. The summed E-state index contributed by atoms with van der Waals surface area (Å²) in [6, 6.07) is 3.06. The molecule has 0 aliphatic carbocycles. The molecule has 0 amide bonds. The Morgan fingerprint density at radius 2 is 2.11 bits per heavy atom. The molecule has 10 heteroatoms. The van der Waals surface area contributed by atoms with E-state index in [0.717, 1.165) is 12.1 Å². The molecule has 2 aromatic rings. The van der Waals surface area contributed by atoms with E-state index in [1.54, 1.807) is 6.92 Å². The van der Waals surface area contributed by atoms with Crippen molar-refractivity contribution < 1.29 is 23.4 Å². The number of hydrogen-bond acceptors (Lipinski definition) is 6. The molecule has 2 heterocycles. The van der Waals surface area contributed by atoms with Crippen LogP contribution in [0, 0.1) is 12.7 Å². The van der Waals surface area contributed by atoms with Crippen molar-refractivity contribution in [2.24, 2.45) is 7.05 Å². The van der Waals surface area contributed by atoms with Gasteiger partial charge in [0.2, 0.25) is 0 Å². The highest BCUT2D eigenvalue weighted by Gasteiger charge is 2.22. The summed E-state index contributed by atoms with van der Waals surface area (Å²) in [6.45, 7) is 1.89. The second-order valence-electron chi connectivity index (χ2n) is 5.96. The van der Waals surface area contributed by atoms with E-state index in [-0.39, 0.29) is 30.6 Å². The van der Waals surface area contributed by atoms with Crippen molar-refractivity contribution in [3.8, 4) is 5.69 Å². The minimum atomic E-state index is -0.924. The van der Waals surface area contributed by atoms with Crippen molar-refractivity contribution in [2.75, 3.05) is 20.0 Å². The van der Waals surface area contributed by atoms with Crippen LogP contribution in [0.1, 0.15) is 16.1 Å². The van der Waals surface area contributed by atoms with Gasteiger partial charge in [-0.05, 0) is 19.1 Å². The summed E-state index contributed by atoms with van der Waals surface area (Å²) in [5.74, 6) is -1.76. The molecule has 0 N–H and O–H groups in total. The van der Waals surface area contributed by atoms with Crippen LogP contribution in [-0.2, 0) is 21.3 Å². The number of hydrogen-bond donors (Lipinski definition) is 0. The van der Waals surface area contributed by atoms with E-state index in [0.29, 0.717) is 10.3 Å². The Bertz CT molecular complexity index is 1010. The lowest BCUT2D eigenvalue weighted by molar-refractivity contribution is 0.00770. The van der Waals surface area contributed by atoms with Crippen LogP contribution in [0.2, 0.25) is 5.02 Å². The molecule has 1 aliphatic heterocycles. The van der Waals surface area contributed by atoms with E-state index < -0.39 is 34.8 Å². The van der Waals surface area contributed by atoms with Gasteiger partial charge in [0.05, 0.1) is 22.9 Å². The van der Waals surface area contributed by atoms with Crippen molar-refractivity contribution in [3.63, 3.8) is 0 Å². The maximum Gasteiger partial charge on any atom is 0.339 e. The summed E-state index contributed by atoms with van der Waals surface area (Å²) >= 11 is 5.95. The van der Waals surface area contributed by atoms with Crippen LogP contribution in [0.15, 0.2) is 27.8 Å². The highest BCUT2D eigenvalue weighted by Crippen LogP contribution is 2.23. The van der Waals surface area contributed by atoms with Gasteiger partial charge in [0.1, 0.15) is 25.3 Å². The zero-order valence-corrected chi connectivity index (χ0v) is 15.3. The number of aromatic nitrogens is 2. The van der Waals surface area contributed by atoms with Crippen molar-refractivity contribution in [1.82, 2.24) is 9.13 Å². The van der Waals surface area contributed by atoms with Crippen LogP contribution in [0.25, 0.3) is 5.69 Å². The first-order valence-corrected chi connectivity index (χ1v) is 8.33. The van der Waals surface area contributed by atoms with Crippen molar-refractivity contribution >= 4 is 17.6 Å². The van der Waals surface area contributed by atoms with Gasteiger partial charge in [0.25, 0.3) is 5.56 Å². The normalized spacial score (nSPS) is 16.5. The van der Waals surface area contributed by atoms with E-state index in [9.17, 15) is 18.8 Å². The lowest BCUT2D eigenvalue weighted by atomic mass is 10.2. The highest BCUT2D eigenvalue weighted by molar-refractivity contribution is 6.33. The third-order valence-electron chi connectivity index (χ3n) is 4.15. The van der Waals surface area contributed by atoms with Crippen LogP contribution in [0.3, 0.4) is 0 Å². The SMILES string of the molecule is Cc1cc(=O)n(-c2cc(C(=O)OCC3COCO3)c(Cl)cc2F)c(=O)n1C. The summed E-state index contributed by atoms with van der Waals surface area (Å²) in [7, 11) is 1.44. The molecule has 1 aromatic carbocycles. The lowest BCUT2D eigenvalue weighted by Gasteiger charge is -2.13. The molecular weight excluding hydrogens is 383 g/mol. The molecule has 0 spiro atoms. The van der Waals surface area contributed by atoms with Crippen molar-refractivity contribution in [2.45, 2.75) is 13.0 Å². The first-order chi connectivity index (χ1) is 12.8. The number of nitrogens with zero attached hydrogens (tertiary/aromatic N) is 2. The minimum Gasteiger partial charge on any atom is -0.459 e. The Balaban J connectivity index is 2.00. The quantitative estimate of drug-likeness (QED) is 0.718. The number of aryl methyl sites for hydroxylation is 1. The van der Waals surface area contributed by atoms with Gasteiger partial charge in [-0.25, -0.2) is 18.5 Å². The van der Waals surface area contributed by atoms with E-state index in [4.69, 9.17) is 25.8 Å². The zero-order chi connectivity index (χ0) is 19.7. The van der Waals surface area contributed by atoms with Gasteiger partial charge in [-0.15, -0.1) is 0 Å². The molecule has 1 aromatic heterocycles. The Kier molecular flexibility index (Phi) is 5.45. The Morgan fingerprint density at radius 1 is 1.37 bits per heavy atom. The summed E-state index contributed by atoms with van der Waals surface area (Å²) in [5, 5.41) is -0.207. The number of carbonyl (C=O) groups is 1. The van der Waals surface area contributed by atoms with E-state index in [2.05, 4.69) is 0 Å². The van der Waals surface area contributed by atoms with Crippen LogP contribution < -0.4 is 11.2 Å². The summed E-state index contributed by atoms with van der Waals surface area (Å²) in [6.07, 6.45) is -0.403. The number of halogens is 2. The monoisotopic (exact) mass is 398 g/mol. The van der Waals surface area contributed by atoms with Crippen molar-refractivity contribution in [1.29, 1.82) is 0 Å². The standard InChI is InChI=1S/C17H16ClFN2O6/c1-9-3-15(22)21(17(24)20(9)2)14-4-11(12(18)5-13(14)19)16(23)26-7-10-6-25-8-27-10/h3-5,10H,6-8H2,1-2H3. The third kappa shape index (κ3) is 3.80. The highest BCUT2D eigenvalue weighted by atomic mass is 35.5. The van der Waals surface area contributed by atoms with Crippen LogP contribution in [-0.4, -0.2) is 41.2 Å². The number of ether oxygens (including phenoxy) is 3. The summed E-state index contributed by atoms with van der Waals surface area (Å²) in [5.41, 5.74) is -1.64. The summed E-state index contributed by atoms with van der Waals surface area (Å²) < 4.78 is 31.5. The van der Waals surface area contributed by atoms with E-state index >= 15 is 0 Å². The largest absolute Gasteiger partial charge is 0.459 e. The van der Waals surface area contributed by atoms with E-state index in [1.807, 2.05) is 0 Å². The number of benzene rings is 1. The maximum atomic E-state index is 14.4. The predicted octanol–water partition coefficient (Wildman–Crippen LogP) is 1.17. The van der Waals surface area contributed by atoms with Gasteiger partial charge in [-0.1, -0.05) is 11.6 Å². The van der Waals surface area contributed by atoms with Gasteiger partial charge < -0.3 is 18.8 Å². The maximum absolute atomic E-state index is 14.4. The van der Waals surface area contributed by atoms with Gasteiger partial charge in [-0.2, -0.15) is 0 Å². The molecule has 0 bridgehead atoms. The van der Waals surface area contributed by atoms with Gasteiger partial charge in [0.15, 0.2) is 0 Å². The van der Waals surface area contributed by atoms with Crippen molar-refractivity contribution in [3.05, 3.63) is 61.1 Å². The predicted molar refractivity (Wildman–Crippen MR) is 93.0 cm³/mol.